The van der Waals surface area contributed by atoms with Crippen LogP contribution in [0.1, 0.15) is 11.1 Å². The van der Waals surface area contributed by atoms with E-state index >= 15 is 0 Å². The molecule has 0 aliphatic carbocycles. The normalized spacial score (nSPS) is 10.5. The second-order valence-electron chi connectivity index (χ2n) is 8.55. The van der Waals surface area contributed by atoms with Gasteiger partial charge in [0.25, 0.3) is 0 Å². The predicted octanol–water partition coefficient (Wildman–Crippen LogP) is 6.22. The van der Waals surface area contributed by atoms with Gasteiger partial charge in [0, 0.05) is 23.1 Å². The number of hydrogen-bond acceptors (Lipinski definition) is 4. The average Bonchev–Trinajstić information content (AvgIpc) is 2.91. The van der Waals surface area contributed by atoms with Crippen LogP contribution in [0, 0.1) is 0 Å². The molecule has 38 heavy (non-hydrogen) atoms. The minimum absolute atomic E-state index is 0.0552. The quantitative estimate of drug-likeness (QED) is 0.233. The highest BCUT2D eigenvalue weighted by atomic mass is 35.5. The van der Waals surface area contributed by atoms with Gasteiger partial charge >= 0.3 is 0 Å². The summed E-state index contributed by atoms with van der Waals surface area (Å²) in [5, 5.41) is 7.01. The van der Waals surface area contributed by atoms with Gasteiger partial charge in [-0.25, -0.2) is 0 Å². The number of rotatable bonds is 11. The molecule has 0 aromatic heterocycles. The van der Waals surface area contributed by atoms with Crippen LogP contribution >= 0.6 is 23.2 Å². The van der Waals surface area contributed by atoms with E-state index in [9.17, 15) is 9.59 Å². The number of nitrogens with zero attached hydrogens (tertiary/aromatic N) is 1. The molecule has 0 aliphatic rings. The molecule has 8 heteroatoms. The van der Waals surface area contributed by atoms with Crippen LogP contribution in [0.25, 0.3) is 0 Å². The first-order valence-electron chi connectivity index (χ1n) is 12.1. The summed E-state index contributed by atoms with van der Waals surface area (Å²) in [5.41, 5.74) is 2.38. The van der Waals surface area contributed by atoms with Gasteiger partial charge in [0.1, 0.15) is 5.75 Å². The summed E-state index contributed by atoms with van der Waals surface area (Å²) in [7, 11) is 0. The zero-order chi connectivity index (χ0) is 26.7. The molecule has 4 aromatic rings. The first-order valence-corrected chi connectivity index (χ1v) is 12.8. The van der Waals surface area contributed by atoms with Gasteiger partial charge in [-0.15, -0.1) is 0 Å². The third-order valence-electron chi connectivity index (χ3n) is 5.60. The number of benzene rings is 4. The van der Waals surface area contributed by atoms with Crippen LogP contribution < -0.4 is 20.3 Å². The van der Waals surface area contributed by atoms with Gasteiger partial charge < -0.3 is 20.3 Å². The summed E-state index contributed by atoms with van der Waals surface area (Å²) in [6, 6.07) is 31.2. The van der Waals surface area contributed by atoms with Crippen molar-refractivity contribution in [1.29, 1.82) is 0 Å². The number of ether oxygens (including phenoxy) is 1. The fourth-order valence-corrected chi connectivity index (χ4v) is 4.23. The van der Waals surface area contributed by atoms with Gasteiger partial charge in [-0.05, 0) is 59.7 Å². The Kier molecular flexibility index (Phi) is 9.62. The molecule has 0 saturated carbocycles. The lowest BCUT2D eigenvalue weighted by Crippen LogP contribution is -2.43. The van der Waals surface area contributed by atoms with E-state index in [0.717, 1.165) is 11.1 Å². The van der Waals surface area contributed by atoms with Gasteiger partial charge in [-0.2, -0.15) is 0 Å². The van der Waals surface area contributed by atoms with Crippen molar-refractivity contribution >= 4 is 40.7 Å². The van der Waals surface area contributed by atoms with Crippen molar-refractivity contribution in [2.45, 2.75) is 13.1 Å². The maximum Gasteiger partial charge on any atom is 0.239 e. The smallest absolute Gasteiger partial charge is 0.239 e. The molecule has 0 fully saturated rings. The molecule has 0 bridgehead atoms. The molecule has 2 amide bonds. The minimum Gasteiger partial charge on any atom is -0.455 e. The number of carbonyl (C=O) groups excluding carboxylic acids is 2. The van der Waals surface area contributed by atoms with Crippen molar-refractivity contribution in [2.75, 3.05) is 18.0 Å². The molecule has 0 atom stereocenters. The van der Waals surface area contributed by atoms with Crippen LogP contribution in [0.5, 0.6) is 11.5 Å². The monoisotopic (exact) mass is 547 g/mol. The van der Waals surface area contributed by atoms with Crippen LogP contribution in [0.4, 0.5) is 5.69 Å². The average molecular weight is 548 g/mol. The van der Waals surface area contributed by atoms with E-state index in [-0.39, 0.29) is 24.9 Å². The first kappa shape index (κ1) is 27.0. The summed E-state index contributed by atoms with van der Waals surface area (Å²) in [5.74, 6) is 0.684. The van der Waals surface area contributed by atoms with Gasteiger partial charge in [-0.1, -0.05) is 77.8 Å². The molecule has 0 radical (unpaired) electrons. The Morgan fingerprint density at radius 3 is 1.74 bits per heavy atom. The summed E-state index contributed by atoms with van der Waals surface area (Å²) < 4.78 is 6.10. The Balaban J connectivity index is 1.49. The molecular weight excluding hydrogens is 521 g/mol. The Bertz CT molecular complexity index is 1320. The minimum atomic E-state index is -0.248. The second-order valence-corrected chi connectivity index (χ2v) is 9.43. The van der Waals surface area contributed by atoms with Crippen molar-refractivity contribution in [3.8, 4) is 11.5 Å². The lowest BCUT2D eigenvalue weighted by Gasteiger charge is -2.26. The predicted molar refractivity (Wildman–Crippen MR) is 152 cm³/mol. The summed E-state index contributed by atoms with van der Waals surface area (Å²) in [6.45, 7) is 0.521. The molecule has 0 heterocycles. The topological polar surface area (TPSA) is 70.7 Å². The van der Waals surface area contributed by atoms with Gasteiger partial charge in [0.05, 0.1) is 18.8 Å². The Morgan fingerprint density at radius 1 is 0.658 bits per heavy atom. The number of para-hydroxylation sites is 3. The number of amides is 2. The van der Waals surface area contributed by atoms with E-state index in [2.05, 4.69) is 10.6 Å². The molecule has 0 saturated heterocycles. The maximum absolute atomic E-state index is 13.0. The Hall–Kier alpha value is -4.00. The third kappa shape index (κ3) is 8.26. The molecule has 0 spiro atoms. The number of anilines is 1. The van der Waals surface area contributed by atoms with Crippen molar-refractivity contribution < 1.29 is 14.3 Å². The molecular formula is C30H27Cl2N3O3. The highest BCUT2D eigenvalue weighted by molar-refractivity contribution is 6.30. The molecule has 4 rings (SSSR count). The Labute approximate surface area is 232 Å². The van der Waals surface area contributed by atoms with Crippen molar-refractivity contribution in [1.82, 2.24) is 10.6 Å². The highest BCUT2D eigenvalue weighted by Crippen LogP contribution is 2.32. The molecule has 2 N–H and O–H groups in total. The van der Waals surface area contributed by atoms with Crippen LogP contribution in [0.3, 0.4) is 0 Å². The fourth-order valence-electron chi connectivity index (χ4n) is 3.80. The summed E-state index contributed by atoms with van der Waals surface area (Å²) in [6.07, 6.45) is 0. The SMILES string of the molecule is O=C(CN(CC(=O)NCc1cccc(Cl)c1)c1ccccc1Oc1ccccc1)NCc1cccc(Cl)c1. The number of halogens is 2. The van der Waals surface area contributed by atoms with Gasteiger partial charge in [-0.3, -0.25) is 9.59 Å². The van der Waals surface area contributed by atoms with E-state index in [4.69, 9.17) is 27.9 Å². The molecule has 0 aliphatic heterocycles. The molecule has 0 unspecified atom stereocenters. The number of nitrogens with one attached hydrogen (secondary N) is 2. The molecule has 6 nitrogen and oxygen atoms in total. The van der Waals surface area contributed by atoms with Gasteiger partial charge in [0.15, 0.2) is 5.75 Å². The van der Waals surface area contributed by atoms with Crippen molar-refractivity contribution in [2.24, 2.45) is 0 Å². The first-order chi connectivity index (χ1) is 18.5. The van der Waals surface area contributed by atoms with E-state index in [1.165, 1.54) is 0 Å². The maximum atomic E-state index is 13.0. The van der Waals surface area contributed by atoms with E-state index < -0.39 is 0 Å². The van der Waals surface area contributed by atoms with Crippen molar-refractivity contribution in [3.05, 3.63) is 124 Å². The highest BCUT2D eigenvalue weighted by Gasteiger charge is 2.19. The van der Waals surface area contributed by atoms with E-state index in [0.29, 0.717) is 40.3 Å². The van der Waals surface area contributed by atoms with Crippen LogP contribution in [0.15, 0.2) is 103 Å². The number of carbonyl (C=O) groups is 2. The second kappa shape index (κ2) is 13.5. The summed E-state index contributed by atoms with van der Waals surface area (Å²) >= 11 is 12.1. The Morgan fingerprint density at radius 2 is 1.18 bits per heavy atom. The zero-order valence-electron chi connectivity index (χ0n) is 20.6. The summed E-state index contributed by atoms with van der Waals surface area (Å²) in [4.78, 5) is 27.7. The van der Waals surface area contributed by atoms with Crippen LogP contribution in [0.2, 0.25) is 10.0 Å². The van der Waals surface area contributed by atoms with Crippen molar-refractivity contribution in [3.63, 3.8) is 0 Å². The van der Waals surface area contributed by atoms with E-state index in [1.54, 1.807) is 29.2 Å². The lowest BCUT2D eigenvalue weighted by atomic mass is 10.2. The largest absolute Gasteiger partial charge is 0.455 e. The standard InChI is InChI=1S/C30H27Cl2N3O3/c31-24-10-6-8-22(16-24)18-33-29(36)20-35(21-30(37)34-19-23-9-7-11-25(32)17-23)27-14-4-5-15-28(27)38-26-12-2-1-3-13-26/h1-17H,18-21H2,(H,33,36)(H,34,37). The number of hydrogen-bond donors (Lipinski definition) is 2. The molecule has 194 valence electrons. The molecule has 4 aromatic carbocycles. The van der Waals surface area contributed by atoms with Crippen LogP contribution in [-0.4, -0.2) is 24.9 Å². The zero-order valence-corrected chi connectivity index (χ0v) is 22.1. The van der Waals surface area contributed by atoms with Crippen LogP contribution in [-0.2, 0) is 22.7 Å². The van der Waals surface area contributed by atoms with Gasteiger partial charge in [0.2, 0.25) is 11.8 Å². The fraction of sp³-hybridized carbons (Fsp3) is 0.133. The third-order valence-corrected chi connectivity index (χ3v) is 6.07. The lowest BCUT2D eigenvalue weighted by molar-refractivity contribution is -0.120. The van der Waals surface area contributed by atoms with E-state index in [1.807, 2.05) is 78.9 Å².